The van der Waals surface area contributed by atoms with Crippen LogP contribution in [0.15, 0.2) is 54.6 Å². The van der Waals surface area contributed by atoms with Crippen LogP contribution in [0.2, 0.25) is 0 Å². The van der Waals surface area contributed by atoms with Gasteiger partial charge in [-0.15, -0.1) is 0 Å². The lowest BCUT2D eigenvalue weighted by atomic mass is 10.0. The molecule has 0 saturated heterocycles. The van der Waals surface area contributed by atoms with Crippen molar-refractivity contribution in [2.75, 3.05) is 13.2 Å². The zero-order valence-corrected chi connectivity index (χ0v) is 29.9. The zero-order valence-electron chi connectivity index (χ0n) is 29.9. The first-order chi connectivity index (χ1) is 22.7. The number of ketones is 1. The average molecular weight is 633 g/mol. The molecule has 2 rings (SSSR count). The Balaban J connectivity index is 1.49. The molecule has 258 valence electrons. The first kappa shape index (κ1) is 39.6. The van der Waals surface area contributed by atoms with Crippen LogP contribution in [0.25, 0.3) is 6.08 Å². The third kappa shape index (κ3) is 21.3. The van der Waals surface area contributed by atoms with E-state index in [0.717, 1.165) is 36.5 Å². The maximum atomic E-state index is 12.8. The third-order valence-corrected chi connectivity index (χ3v) is 8.96. The van der Waals surface area contributed by atoms with Gasteiger partial charge in [-0.25, -0.2) is 0 Å². The van der Waals surface area contributed by atoms with E-state index in [-0.39, 0.29) is 5.78 Å². The highest BCUT2D eigenvalue weighted by atomic mass is 16.5. The standard InChI is InChI=1S/C43H68O3/c1-3-5-7-9-11-13-14-15-16-17-18-19-20-22-23-25-36-45-41-33-30-39(31-34-41)32-35-43(44)40-28-27-29-42(38-40)46-37-26-24-21-12-10-8-6-4-2/h27-35,38H,3-26,36-37H2,1-2H3/b35-32+. The molecule has 0 spiro atoms. The molecule has 0 radical (unpaired) electrons. The summed E-state index contributed by atoms with van der Waals surface area (Å²) in [4.78, 5) is 12.8. The molecule has 46 heavy (non-hydrogen) atoms. The molecular weight excluding hydrogens is 564 g/mol. The summed E-state index contributed by atoms with van der Waals surface area (Å²) < 4.78 is 11.9. The van der Waals surface area contributed by atoms with E-state index in [1.54, 1.807) is 6.08 Å². The minimum absolute atomic E-state index is 0.0126. The Morgan fingerprint density at radius 3 is 1.37 bits per heavy atom. The Morgan fingerprint density at radius 1 is 0.500 bits per heavy atom. The number of carbonyl (C=O) groups excluding carboxylic acids is 1. The van der Waals surface area contributed by atoms with Crippen molar-refractivity contribution in [2.45, 2.75) is 168 Å². The van der Waals surface area contributed by atoms with Gasteiger partial charge in [0.15, 0.2) is 5.78 Å². The molecule has 3 nitrogen and oxygen atoms in total. The lowest BCUT2D eigenvalue weighted by molar-refractivity contribution is 0.104. The van der Waals surface area contributed by atoms with Crippen LogP contribution >= 0.6 is 0 Å². The summed E-state index contributed by atoms with van der Waals surface area (Å²) in [5.41, 5.74) is 1.65. The number of rotatable bonds is 31. The first-order valence-electron chi connectivity index (χ1n) is 19.4. The first-order valence-corrected chi connectivity index (χ1v) is 19.4. The van der Waals surface area contributed by atoms with E-state index in [2.05, 4.69) is 13.8 Å². The van der Waals surface area contributed by atoms with Crippen molar-refractivity contribution in [3.63, 3.8) is 0 Å². The average Bonchev–Trinajstić information content (AvgIpc) is 3.08. The van der Waals surface area contributed by atoms with E-state index < -0.39 is 0 Å². The van der Waals surface area contributed by atoms with Gasteiger partial charge in [0, 0.05) is 5.56 Å². The number of hydrogen-bond donors (Lipinski definition) is 0. The van der Waals surface area contributed by atoms with Crippen molar-refractivity contribution in [1.29, 1.82) is 0 Å². The number of carbonyl (C=O) groups is 1. The number of hydrogen-bond acceptors (Lipinski definition) is 3. The van der Waals surface area contributed by atoms with Crippen molar-refractivity contribution in [2.24, 2.45) is 0 Å². The fourth-order valence-corrected chi connectivity index (χ4v) is 5.95. The molecule has 0 aliphatic rings. The van der Waals surface area contributed by atoms with Gasteiger partial charge in [0.2, 0.25) is 0 Å². The number of allylic oxidation sites excluding steroid dienone is 1. The fourth-order valence-electron chi connectivity index (χ4n) is 5.95. The number of benzene rings is 2. The van der Waals surface area contributed by atoms with E-state index >= 15 is 0 Å². The highest BCUT2D eigenvalue weighted by molar-refractivity contribution is 6.07. The van der Waals surface area contributed by atoms with Crippen molar-refractivity contribution in [3.8, 4) is 11.5 Å². The van der Waals surface area contributed by atoms with Crippen molar-refractivity contribution in [3.05, 3.63) is 65.7 Å². The molecule has 0 atom stereocenters. The van der Waals surface area contributed by atoms with Crippen LogP contribution in [0.1, 0.15) is 184 Å². The molecule has 3 heteroatoms. The van der Waals surface area contributed by atoms with Crippen molar-refractivity contribution < 1.29 is 14.3 Å². The molecule has 2 aromatic carbocycles. The molecule has 2 aromatic rings. The lowest BCUT2D eigenvalue weighted by Gasteiger charge is -2.07. The highest BCUT2D eigenvalue weighted by Crippen LogP contribution is 2.18. The van der Waals surface area contributed by atoms with Crippen LogP contribution < -0.4 is 9.47 Å². The maximum Gasteiger partial charge on any atom is 0.185 e. The fraction of sp³-hybridized carbons (Fsp3) is 0.651. The molecule has 0 bridgehead atoms. The normalized spacial score (nSPS) is 11.3. The smallest absolute Gasteiger partial charge is 0.185 e. The molecular formula is C43H68O3. The highest BCUT2D eigenvalue weighted by Gasteiger charge is 2.04. The summed E-state index contributed by atoms with van der Waals surface area (Å²) in [5.74, 6) is 1.65. The summed E-state index contributed by atoms with van der Waals surface area (Å²) >= 11 is 0. The predicted octanol–water partition coefficient (Wildman–Crippen LogP) is 13.7. The van der Waals surface area contributed by atoms with Crippen molar-refractivity contribution >= 4 is 11.9 Å². The topological polar surface area (TPSA) is 35.5 Å². The maximum absolute atomic E-state index is 12.8. The zero-order chi connectivity index (χ0) is 32.8. The summed E-state index contributed by atoms with van der Waals surface area (Å²) in [7, 11) is 0. The third-order valence-electron chi connectivity index (χ3n) is 8.96. The van der Waals surface area contributed by atoms with Gasteiger partial charge in [-0.2, -0.15) is 0 Å². The SMILES string of the molecule is CCCCCCCCCCCCCCCCCCOc1ccc(/C=C/C(=O)c2cccc(OCCCCCCCCCC)c2)cc1. The van der Waals surface area contributed by atoms with Gasteiger partial charge in [0.1, 0.15) is 11.5 Å². The molecule has 0 aliphatic carbocycles. The van der Waals surface area contributed by atoms with E-state index in [1.807, 2.05) is 54.6 Å². The second kappa shape index (κ2) is 28.7. The molecule has 0 saturated carbocycles. The largest absolute Gasteiger partial charge is 0.494 e. The summed E-state index contributed by atoms with van der Waals surface area (Å²) in [5, 5.41) is 0. The van der Waals surface area contributed by atoms with Gasteiger partial charge >= 0.3 is 0 Å². The van der Waals surface area contributed by atoms with E-state index in [0.29, 0.717) is 12.2 Å². The summed E-state index contributed by atoms with van der Waals surface area (Å²) in [6.45, 7) is 6.02. The summed E-state index contributed by atoms with van der Waals surface area (Å²) in [6, 6.07) is 15.6. The van der Waals surface area contributed by atoms with Gasteiger partial charge in [0.25, 0.3) is 0 Å². The molecule has 0 fully saturated rings. The summed E-state index contributed by atoms with van der Waals surface area (Å²) in [6.07, 6.45) is 35.8. The molecule has 0 amide bonds. The predicted molar refractivity (Wildman–Crippen MR) is 199 cm³/mol. The minimum atomic E-state index is -0.0126. The quantitative estimate of drug-likeness (QED) is 0.0471. The van der Waals surface area contributed by atoms with Gasteiger partial charge < -0.3 is 9.47 Å². The van der Waals surface area contributed by atoms with Crippen LogP contribution in [0, 0.1) is 0 Å². The van der Waals surface area contributed by atoms with Crippen LogP contribution in [-0.4, -0.2) is 19.0 Å². The minimum Gasteiger partial charge on any atom is -0.494 e. The second-order valence-electron chi connectivity index (χ2n) is 13.3. The van der Waals surface area contributed by atoms with Crippen LogP contribution in [0.5, 0.6) is 11.5 Å². The Kier molecular flexibility index (Phi) is 24.7. The van der Waals surface area contributed by atoms with Crippen molar-refractivity contribution in [1.82, 2.24) is 0 Å². The van der Waals surface area contributed by atoms with E-state index in [4.69, 9.17) is 9.47 Å². The van der Waals surface area contributed by atoms with E-state index in [1.165, 1.54) is 141 Å². The second-order valence-corrected chi connectivity index (χ2v) is 13.3. The Labute approximate surface area is 284 Å². The molecule has 0 heterocycles. The number of unbranched alkanes of at least 4 members (excludes halogenated alkanes) is 22. The van der Waals surface area contributed by atoms with Crippen LogP contribution in [-0.2, 0) is 0 Å². The van der Waals surface area contributed by atoms with Crippen LogP contribution in [0.3, 0.4) is 0 Å². The Morgan fingerprint density at radius 2 is 0.913 bits per heavy atom. The Bertz CT molecular complexity index is 1010. The number of ether oxygens (including phenoxy) is 2. The monoisotopic (exact) mass is 633 g/mol. The Hall–Kier alpha value is -2.55. The molecule has 0 N–H and O–H groups in total. The van der Waals surface area contributed by atoms with Gasteiger partial charge in [-0.3, -0.25) is 4.79 Å². The van der Waals surface area contributed by atoms with Gasteiger partial charge in [-0.05, 0) is 48.7 Å². The molecule has 0 unspecified atom stereocenters. The van der Waals surface area contributed by atoms with E-state index in [9.17, 15) is 4.79 Å². The van der Waals surface area contributed by atoms with Crippen LogP contribution in [0.4, 0.5) is 0 Å². The van der Waals surface area contributed by atoms with Gasteiger partial charge in [-0.1, -0.05) is 185 Å². The molecule has 0 aliphatic heterocycles. The van der Waals surface area contributed by atoms with Gasteiger partial charge in [0.05, 0.1) is 13.2 Å². The molecule has 0 aromatic heterocycles. The lowest BCUT2D eigenvalue weighted by Crippen LogP contribution is -2.00.